The molecule has 122 valence electrons. The quantitative estimate of drug-likeness (QED) is 0.801. The molecule has 3 nitrogen and oxygen atoms in total. The molecule has 1 unspecified atom stereocenters. The van der Waals surface area contributed by atoms with Crippen LogP contribution in [0.2, 0.25) is 0 Å². The smallest absolute Gasteiger partial charge is 0.226 e. The van der Waals surface area contributed by atoms with Crippen molar-refractivity contribution in [1.29, 1.82) is 0 Å². The standard InChI is InChI=1S/C19H23FN2O/c1-2-11-21-13-9-16(10-14-21)19(23)22-12-3-4-18(22)15-5-7-17(20)8-6-15/h1,5-8,16,18H,3-4,9-14H2. The van der Waals surface area contributed by atoms with Gasteiger partial charge in [0.1, 0.15) is 5.82 Å². The number of hydrogen-bond donors (Lipinski definition) is 0. The van der Waals surface area contributed by atoms with Crippen LogP contribution in [0.15, 0.2) is 24.3 Å². The number of terminal acetylenes is 1. The van der Waals surface area contributed by atoms with Crippen LogP contribution in [0, 0.1) is 24.1 Å². The van der Waals surface area contributed by atoms with E-state index < -0.39 is 0 Å². The molecule has 0 spiro atoms. The van der Waals surface area contributed by atoms with E-state index in [0.29, 0.717) is 6.54 Å². The number of halogens is 1. The van der Waals surface area contributed by atoms with Gasteiger partial charge in [-0.1, -0.05) is 18.1 Å². The van der Waals surface area contributed by atoms with Crippen LogP contribution in [-0.2, 0) is 4.79 Å². The number of rotatable bonds is 3. The summed E-state index contributed by atoms with van der Waals surface area (Å²) in [4.78, 5) is 17.1. The molecule has 2 aliphatic heterocycles. The van der Waals surface area contributed by atoms with Crippen molar-refractivity contribution in [3.63, 3.8) is 0 Å². The Morgan fingerprint density at radius 3 is 2.52 bits per heavy atom. The minimum atomic E-state index is -0.231. The average Bonchev–Trinajstić information content (AvgIpc) is 3.05. The zero-order chi connectivity index (χ0) is 16.2. The van der Waals surface area contributed by atoms with Crippen LogP contribution < -0.4 is 0 Å². The molecule has 3 rings (SSSR count). The molecule has 0 bridgehead atoms. The topological polar surface area (TPSA) is 23.6 Å². The maximum absolute atomic E-state index is 13.1. The number of hydrogen-bond acceptors (Lipinski definition) is 2. The Morgan fingerprint density at radius 1 is 1.17 bits per heavy atom. The van der Waals surface area contributed by atoms with Gasteiger partial charge in [-0.2, -0.15) is 0 Å². The first-order valence-electron chi connectivity index (χ1n) is 8.41. The highest BCUT2D eigenvalue weighted by Gasteiger charge is 2.35. The lowest BCUT2D eigenvalue weighted by Gasteiger charge is -2.34. The fourth-order valence-corrected chi connectivity index (χ4v) is 3.76. The van der Waals surface area contributed by atoms with Gasteiger partial charge in [0.2, 0.25) is 5.91 Å². The molecular formula is C19H23FN2O. The molecule has 2 saturated heterocycles. The SMILES string of the molecule is C#CCN1CCC(C(=O)N2CCCC2c2ccc(F)cc2)CC1. The van der Waals surface area contributed by atoms with Crippen molar-refractivity contribution in [1.82, 2.24) is 9.80 Å². The summed E-state index contributed by atoms with van der Waals surface area (Å²) in [6, 6.07) is 6.68. The molecule has 2 fully saturated rings. The van der Waals surface area contributed by atoms with Gasteiger partial charge in [0.25, 0.3) is 0 Å². The maximum atomic E-state index is 13.1. The fraction of sp³-hybridized carbons (Fsp3) is 0.526. The van der Waals surface area contributed by atoms with Crippen LogP contribution in [0.4, 0.5) is 4.39 Å². The Hall–Kier alpha value is -1.86. The summed E-state index contributed by atoms with van der Waals surface area (Å²) >= 11 is 0. The first-order valence-corrected chi connectivity index (χ1v) is 8.41. The number of likely N-dealkylation sites (tertiary alicyclic amines) is 2. The Labute approximate surface area is 137 Å². The van der Waals surface area contributed by atoms with Gasteiger partial charge in [0, 0.05) is 12.5 Å². The summed E-state index contributed by atoms with van der Waals surface area (Å²) < 4.78 is 13.1. The van der Waals surface area contributed by atoms with Gasteiger partial charge in [0.05, 0.1) is 12.6 Å². The third-order valence-electron chi connectivity index (χ3n) is 5.04. The largest absolute Gasteiger partial charge is 0.335 e. The van der Waals surface area contributed by atoms with E-state index >= 15 is 0 Å². The van der Waals surface area contributed by atoms with Crippen molar-refractivity contribution in [2.24, 2.45) is 5.92 Å². The van der Waals surface area contributed by atoms with Crippen molar-refractivity contribution >= 4 is 5.91 Å². The molecule has 1 aromatic rings. The molecule has 4 heteroatoms. The van der Waals surface area contributed by atoms with E-state index in [9.17, 15) is 9.18 Å². The van der Waals surface area contributed by atoms with Crippen LogP contribution in [0.1, 0.15) is 37.3 Å². The van der Waals surface area contributed by atoms with E-state index in [2.05, 4.69) is 10.8 Å². The number of carbonyl (C=O) groups is 1. The maximum Gasteiger partial charge on any atom is 0.226 e. The third-order valence-corrected chi connectivity index (χ3v) is 5.04. The molecule has 0 radical (unpaired) electrons. The second-order valence-corrected chi connectivity index (χ2v) is 6.50. The van der Waals surface area contributed by atoms with Gasteiger partial charge >= 0.3 is 0 Å². The second-order valence-electron chi connectivity index (χ2n) is 6.50. The van der Waals surface area contributed by atoms with Gasteiger partial charge in [-0.3, -0.25) is 9.69 Å². The molecule has 0 saturated carbocycles. The van der Waals surface area contributed by atoms with Crippen molar-refractivity contribution in [2.75, 3.05) is 26.2 Å². The zero-order valence-electron chi connectivity index (χ0n) is 13.4. The molecule has 0 N–H and O–H groups in total. The van der Waals surface area contributed by atoms with Gasteiger partial charge in [-0.05, 0) is 56.5 Å². The van der Waals surface area contributed by atoms with E-state index in [1.807, 2.05) is 4.90 Å². The number of amides is 1. The Kier molecular flexibility index (Phi) is 4.97. The first kappa shape index (κ1) is 16.0. The molecule has 0 aliphatic carbocycles. The summed E-state index contributed by atoms with van der Waals surface area (Å²) in [6.07, 6.45) is 9.10. The molecule has 2 heterocycles. The van der Waals surface area contributed by atoms with E-state index in [1.54, 1.807) is 12.1 Å². The first-order chi connectivity index (χ1) is 11.2. The summed E-state index contributed by atoms with van der Waals surface area (Å²) in [5.74, 6) is 2.80. The monoisotopic (exact) mass is 314 g/mol. The Bertz CT molecular complexity index is 584. The van der Waals surface area contributed by atoms with Gasteiger partial charge in [-0.15, -0.1) is 6.42 Å². The molecule has 23 heavy (non-hydrogen) atoms. The molecular weight excluding hydrogens is 291 g/mol. The van der Waals surface area contributed by atoms with Crippen molar-refractivity contribution in [2.45, 2.75) is 31.7 Å². The highest BCUT2D eigenvalue weighted by atomic mass is 19.1. The van der Waals surface area contributed by atoms with Crippen LogP contribution >= 0.6 is 0 Å². The highest BCUT2D eigenvalue weighted by Crippen LogP contribution is 2.34. The van der Waals surface area contributed by atoms with Crippen LogP contribution in [-0.4, -0.2) is 41.9 Å². The van der Waals surface area contributed by atoms with E-state index in [-0.39, 0.29) is 23.7 Å². The predicted molar refractivity (Wildman–Crippen MR) is 88.1 cm³/mol. The van der Waals surface area contributed by atoms with Gasteiger partial charge in [0.15, 0.2) is 0 Å². The number of benzene rings is 1. The number of carbonyl (C=O) groups excluding carboxylic acids is 1. The molecule has 0 aromatic heterocycles. The van der Waals surface area contributed by atoms with Crippen molar-refractivity contribution in [3.8, 4) is 12.3 Å². The normalized spacial score (nSPS) is 23.0. The average molecular weight is 314 g/mol. The summed E-state index contributed by atoms with van der Waals surface area (Å²) in [7, 11) is 0. The van der Waals surface area contributed by atoms with Crippen molar-refractivity contribution in [3.05, 3.63) is 35.6 Å². The van der Waals surface area contributed by atoms with E-state index in [0.717, 1.165) is 50.9 Å². The molecule has 1 amide bonds. The summed E-state index contributed by atoms with van der Waals surface area (Å²) in [5, 5.41) is 0. The zero-order valence-corrected chi connectivity index (χ0v) is 13.4. The summed E-state index contributed by atoms with van der Waals surface area (Å²) in [5.41, 5.74) is 1.04. The second kappa shape index (κ2) is 7.14. The lowest BCUT2D eigenvalue weighted by molar-refractivity contribution is -0.138. The molecule has 2 aliphatic rings. The molecule has 1 atom stereocenters. The minimum Gasteiger partial charge on any atom is -0.335 e. The van der Waals surface area contributed by atoms with E-state index in [4.69, 9.17) is 6.42 Å². The summed E-state index contributed by atoms with van der Waals surface area (Å²) in [6.45, 7) is 3.28. The Morgan fingerprint density at radius 2 is 1.87 bits per heavy atom. The third kappa shape index (κ3) is 3.56. The predicted octanol–water partition coefficient (Wildman–Crippen LogP) is 2.83. The molecule has 1 aromatic carbocycles. The number of nitrogens with zero attached hydrogens (tertiary/aromatic N) is 2. The van der Waals surface area contributed by atoms with E-state index in [1.165, 1.54) is 12.1 Å². The van der Waals surface area contributed by atoms with Crippen LogP contribution in [0.3, 0.4) is 0 Å². The fourth-order valence-electron chi connectivity index (χ4n) is 3.76. The number of piperidine rings is 1. The van der Waals surface area contributed by atoms with Gasteiger partial charge < -0.3 is 4.90 Å². The van der Waals surface area contributed by atoms with Crippen molar-refractivity contribution < 1.29 is 9.18 Å². The highest BCUT2D eigenvalue weighted by molar-refractivity contribution is 5.79. The minimum absolute atomic E-state index is 0.102. The van der Waals surface area contributed by atoms with Crippen LogP contribution in [0.5, 0.6) is 0 Å². The lowest BCUT2D eigenvalue weighted by atomic mass is 9.94. The Balaban J connectivity index is 1.65. The van der Waals surface area contributed by atoms with Crippen LogP contribution in [0.25, 0.3) is 0 Å². The lowest BCUT2D eigenvalue weighted by Crippen LogP contribution is -2.42. The van der Waals surface area contributed by atoms with Gasteiger partial charge in [-0.25, -0.2) is 4.39 Å².